The summed E-state index contributed by atoms with van der Waals surface area (Å²) in [6.07, 6.45) is 0. The molecule has 5 nitrogen and oxygen atoms in total. The third-order valence-electron chi connectivity index (χ3n) is 5.03. The fourth-order valence-corrected chi connectivity index (χ4v) is 3.59. The van der Waals surface area contributed by atoms with E-state index in [1.165, 1.54) is 31.4 Å². The Morgan fingerprint density at radius 1 is 0.964 bits per heavy atom. The molecule has 28 heavy (non-hydrogen) atoms. The van der Waals surface area contributed by atoms with E-state index >= 15 is 0 Å². The highest BCUT2D eigenvalue weighted by Gasteiger charge is 2.30. The van der Waals surface area contributed by atoms with Crippen LogP contribution in [-0.2, 0) is 9.53 Å². The minimum atomic E-state index is -0.665. The molecule has 1 fully saturated rings. The summed E-state index contributed by atoms with van der Waals surface area (Å²) in [7, 11) is 1.51. The first-order valence-electron chi connectivity index (χ1n) is 9.28. The van der Waals surface area contributed by atoms with Gasteiger partial charge in [0.05, 0.1) is 12.6 Å². The molecule has 3 rings (SSSR count). The molecule has 0 saturated carbocycles. The van der Waals surface area contributed by atoms with Crippen molar-refractivity contribution in [2.24, 2.45) is 5.73 Å². The first kappa shape index (κ1) is 20.4. The average Bonchev–Trinajstić information content (AvgIpc) is 2.71. The number of methoxy groups -OCH3 is 1. The van der Waals surface area contributed by atoms with Crippen molar-refractivity contribution < 1.29 is 18.3 Å². The van der Waals surface area contributed by atoms with E-state index in [9.17, 15) is 13.6 Å². The highest BCUT2D eigenvalue weighted by molar-refractivity contribution is 5.81. The third kappa shape index (κ3) is 4.73. The molecule has 0 bridgehead atoms. The van der Waals surface area contributed by atoms with Crippen molar-refractivity contribution in [2.75, 3.05) is 39.9 Å². The maximum absolute atomic E-state index is 13.4. The summed E-state index contributed by atoms with van der Waals surface area (Å²) in [5.41, 5.74) is 7.70. The Hall–Kier alpha value is -2.35. The number of piperazine rings is 1. The Labute approximate surface area is 163 Å². The Morgan fingerprint density at radius 2 is 1.43 bits per heavy atom. The van der Waals surface area contributed by atoms with Gasteiger partial charge in [-0.25, -0.2) is 8.78 Å². The van der Waals surface area contributed by atoms with Gasteiger partial charge in [0.1, 0.15) is 17.7 Å². The van der Waals surface area contributed by atoms with Crippen LogP contribution in [0.3, 0.4) is 0 Å². The van der Waals surface area contributed by atoms with Crippen LogP contribution in [0, 0.1) is 11.6 Å². The second-order valence-corrected chi connectivity index (χ2v) is 6.93. The van der Waals surface area contributed by atoms with Gasteiger partial charge in [-0.2, -0.15) is 0 Å². The molecule has 150 valence electrons. The Kier molecular flexibility index (Phi) is 6.72. The van der Waals surface area contributed by atoms with Crippen molar-refractivity contribution in [1.29, 1.82) is 0 Å². The molecular weight excluding hydrogens is 364 g/mol. The molecule has 1 aliphatic heterocycles. The van der Waals surface area contributed by atoms with Crippen LogP contribution >= 0.6 is 0 Å². The number of amides is 1. The molecule has 1 atom stereocenters. The molecule has 0 aliphatic carbocycles. The highest BCUT2D eigenvalue weighted by Crippen LogP contribution is 2.30. The predicted molar refractivity (Wildman–Crippen MR) is 103 cm³/mol. The Morgan fingerprint density at radius 3 is 1.86 bits per heavy atom. The summed E-state index contributed by atoms with van der Waals surface area (Å²) >= 11 is 0. The van der Waals surface area contributed by atoms with Crippen LogP contribution in [0.25, 0.3) is 0 Å². The lowest BCUT2D eigenvalue weighted by molar-refractivity contribution is -0.135. The quantitative estimate of drug-likeness (QED) is 0.823. The van der Waals surface area contributed by atoms with Crippen LogP contribution in [0.4, 0.5) is 8.78 Å². The number of carbonyl (C=O) groups excluding carboxylic acids is 1. The lowest BCUT2D eigenvalue weighted by Crippen LogP contribution is -2.54. The van der Waals surface area contributed by atoms with E-state index in [0.29, 0.717) is 26.2 Å². The minimum Gasteiger partial charge on any atom is -0.383 e. The largest absolute Gasteiger partial charge is 0.383 e. The number of benzene rings is 2. The van der Waals surface area contributed by atoms with E-state index in [2.05, 4.69) is 4.90 Å². The van der Waals surface area contributed by atoms with E-state index in [-0.39, 0.29) is 30.2 Å². The van der Waals surface area contributed by atoms with Crippen LogP contribution in [0.5, 0.6) is 0 Å². The van der Waals surface area contributed by atoms with Gasteiger partial charge in [-0.3, -0.25) is 9.69 Å². The molecule has 1 unspecified atom stereocenters. The van der Waals surface area contributed by atoms with Gasteiger partial charge in [0.15, 0.2) is 0 Å². The predicted octanol–water partition coefficient (Wildman–Crippen LogP) is 2.17. The van der Waals surface area contributed by atoms with Crippen molar-refractivity contribution in [2.45, 2.75) is 12.1 Å². The maximum atomic E-state index is 13.4. The molecule has 0 spiro atoms. The lowest BCUT2D eigenvalue weighted by atomic mass is 9.96. The number of carbonyl (C=O) groups is 1. The summed E-state index contributed by atoms with van der Waals surface area (Å²) in [5, 5.41) is 0. The van der Waals surface area contributed by atoms with Crippen LogP contribution in [0.1, 0.15) is 17.2 Å². The molecule has 0 aromatic heterocycles. The molecule has 1 heterocycles. The van der Waals surface area contributed by atoms with E-state index in [1.54, 1.807) is 29.2 Å². The van der Waals surface area contributed by atoms with Gasteiger partial charge in [0.25, 0.3) is 0 Å². The Balaban J connectivity index is 1.77. The monoisotopic (exact) mass is 389 g/mol. The molecule has 1 saturated heterocycles. The molecule has 2 aromatic carbocycles. The summed E-state index contributed by atoms with van der Waals surface area (Å²) in [6.45, 7) is 2.52. The number of hydrogen-bond donors (Lipinski definition) is 1. The average molecular weight is 389 g/mol. The van der Waals surface area contributed by atoms with Crippen LogP contribution in [0.2, 0.25) is 0 Å². The van der Waals surface area contributed by atoms with Gasteiger partial charge in [0, 0.05) is 33.3 Å². The van der Waals surface area contributed by atoms with Crippen LogP contribution < -0.4 is 5.73 Å². The molecule has 7 heteroatoms. The zero-order valence-corrected chi connectivity index (χ0v) is 15.9. The lowest BCUT2D eigenvalue weighted by Gasteiger charge is -2.40. The smallest absolute Gasteiger partial charge is 0.241 e. The van der Waals surface area contributed by atoms with E-state index < -0.39 is 6.04 Å². The highest BCUT2D eigenvalue weighted by atomic mass is 19.1. The summed E-state index contributed by atoms with van der Waals surface area (Å²) in [6, 6.07) is 11.9. The second-order valence-electron chi connectivity index (χ2n) is 6.93. The van der Waals surface area contributed by atoms with Crippen LogP contribution in [0.15, 0.2) is 48.5 Å². The van der Waals surface area contributed by atoms with Crippen molar-refractivity contribution >= 4 is 5.91 Å². The fraction of sp³-hybridized carbons (Fsp3) is 0.381. The number of rotatable bonds is 6. The maximum Gasteiger partial charge on any atom is 0.241 e. The zero-order valence-electron chi connectivity index (χ0n) is 15.9. The molecule has 0 radical (unpaired) electrons. The van der Waals surface area contributed by atoms with Gasteiger partial charge in [-0.05, 0) is 35.4 Å². The summed E-state index contributed by atoms with van der Waals surface area (Å²) < 4.78 is 31.8. The second kappa shape index (κ2) is 9.23. The SMILES string of the molecule is COCC(N)C(=O)N1CCN(C(c2ccc(F)cc2)c2ccc(F)cc2)CC1. The first-order valence-corrected chi connectivity index (χ1v) is 9.28. The van der Waals surface area contributed by atoms with Crippen molar-refractivity contribution in [3.05, 3.63) is 71.3 Å². The molecule has 2 N–H and O–H groups in total. The zero-order chi connectivity index (χ0) is 20.1. The number of ether oxygens (including phenoxy) is 1. The molecule has 1 aliphatic rings. The molecule has 1 amide bonds. The topological polar surface area (TPSA) is 58.8 Å². The normalized spacial score (nSPS) is 16.4. The van der Waals surface area contributed by atoms with E-state index in [0.717, 1.165) is 11.1 Å². The molecular formula is C21H25F2N3O2. The fourth-order valence-electron chi connectivity index (χ4n) is 3.59. The van der Waals surface area contributed by atoms with Gasteiger partial charge >= 0.3 is 0 Å². The van der Waals surface area contributed by atoms with Crippen molar-refractivity contribution in [3.8, 4) is 0 Å². The van der Waals surface area contributed by atoms with Crippen LogP contribution in [-0.4, -0.2) is 61.6 Å². The summed E-state index contributed by atoms with van der Waals surface area (Å²) in [5.74, 6) is -0.727. The number of hydrogen-bond acceptors (Lipinski definition) is 4. The van der Waals surface area contributed by atoms with Gasteiger partial charge in [-0.1, -0.05) is 24.3 Å². The number of halogens is 2. The van der Waals surface area contributed by atoms with Crippen molar-refractivity contribution in [1.82, 2.24) is 9.80 Å². The van der Waals surface area contributed by atoms with E-state index in [4.69, 9.17) is 10.5 Å². The first-order chi connectivity index (χ1) is 13.5. The third-order valence-corrected chi connectivity index (χ3v) is 5.03. The van der Waals surface area contributed by atoms with Gasteiger partial charge in [0.2, 0.25) is 5.91 Å². The van der Waals surface area contributed by atoms with Crippen molar-refractivity contribution in [3.63, 3.8) is 0 Å². The van der Waals surface area contributed by atoms with E-state index in [1.807, 2.05) is 0 Å². The van der Waals surface area contributed by atoms with Gasteiger partial charge < -0.3 is 15.4 Å². The molecule has 2 aromatic rings. The minimum absolute atomic E-state index is 0.124. The Bertz CT molecular complexity index is 730. The van der Waals surface area contributed by atoms with Gasteiger partial charge in [-0.15, -0.1) is 0 Å². The summed E-state index contributed by atoms with van der Waals surface area (Å²) in [4.78, 5) is 16.4. The number of nitrogens with zero attached hydrogens (tertiary/aromatic N) is 2. The standard InChI is InChI=1S/C21H25F2N3O2/c1-28-14-19(24)21(27)26-12-10-25(11-13-26)20(15-2-6-17(22)7-3-15)16-4-8-18(23)9-5-16/h2-9,19-20H,10-14,24H2,1H3. The number of nitrogens with two attached hydrogens (primary N) is 1.